The van der Waals surface area contributed by atoms with E-state index in [1.807, 2.05) is 6.92 Å². The van der Waals surface area contributed by atoms with Gasteiger partial charge in [-0.3, -0.25) is 14.9 Å². The van der Waals surface area contributed by atoms with E-state index in [0.29, 0.717) is 0 Å². The summed E-state index contributed by atoms with van der Waals surface area (Å²) < 4.78 is 0. The van der Waals surface area contributed by atoms with Crippen molar-refractivity contribution in [3.05, 3.63) is 39.9 Å². The number of nitrogens with one attached hydrogen (secondary N) is 1. The Labute approximate surface area is 146 Å². The summed E-state index contributed by atoms with van der Waals surface area (Å²) >= 11 is 0. The molecular weight excluding hydrogens is 318 g/mol. The molecule has 4 fully saturated rings. The van der Waals surface area contributed by atoms with Crippen LogP contribution in [0.1, 0.15) is 55.8 Å². The zero-order valence-corrected chi connectivity index (χ0v) is 14.4. The van der Waals surface area contributed by atoms with E-state index in [-0.39, 0.29) is 16.7 Å². The molecule has 0 aliphatic heterocycles. The van der Waals surface area contributed by atoms with Crippen molar-refractivity contribution in [2.45, 2.75) is 45.4 Å². The van der Waals surface area contributed by atoms with Crippen molar-refractivity contribution in [1.82, 2.24) is 5.43 Å². The molecular formula is C19H23N3O3. The molecule has 4 aliphatic carbocycles. The highest BCUT2D eigenvalue weighted by Crippen LogP contribution is 2.60. The van der Waals surface area contributed by atoms with Crippen molar-refractivity contribution in [3.63, 3.8) is 0 Å². The van der Waals surface area contributed by atoms with Gasteiger partial charge in [-0.25, -0.2) is 5.43 Å². The van der Waals surface area contributed by atoms with Crippen LogP contribution in [0, 0.1) is 33.3 Å². The van der Waals surface area contributed by atoms with E-state index in [9.17, 15) is 14.9 Å². The molecule has 0 aromatic heterocycles. The minimum Gasteiger partial charge on any atom is -0.267 e. The number of para-hydroxylation sites is 1. The number of carbonyl (C=O) groups is 1. The van der Waals surface area contributed by atoms with Gasteiger partial charge in [-0.1, -0.05) is 12.1 Å². The van der Waals surface area contributed by atoms with Gasteiger partial charge in [-0.2, -0.15) is 5.10 Å². The predicted octanol–water partition coefficient (Wildman–Crippen LogP) is 3.92. The van der Waals surface area contributed by atoms with E-state index >= 15 is 0 Å². The van der Waals surface area contributed by atoms with Crippen LogP contribution in [0.25, 0.3) is 0 Å². The fraction of sp³-hybridized carbons (Fsp3) is 0.579. The summed E-state index contributed by atoms with van der Waals surface area (Å²) in [6.07, 6.45) is 7.60. The van der Waals surface area contributed by atoms with Crippen molar-refractivity contribution < 1.29 is 9.72 Å². The molecule has 4 bridgehead atoms. The Kier molecular flexibility index (Phi) is 3.85. The van der Waals surface area contributed by atoms with Crippen molar-refractivity contribution in [1.29, 1.82) is 0 Å². The molecule has 0 atom stereocenters. The summed E-state index contributed by atoms with van der Waals surface area (Å²) in [5.74, 6) is 1.91. The van der Waals surface area contributed by atoms with Crippen LogP contribution in [0.5, 0.6) is 0 Å². The molecule has 0 heterocycles. The second-order valence-electron chi connectivity index (χ2n) is 8.11. The standard InChI is InChI=1S/C19H23N3O3/c1-12(19-9-13-6-14(10-19)8-15(7-13)11-19)20-21-18(23)16-4-2-3-5-17(16)22(24)25/h2-5,13-15H,6-11H2,1H3,(H,21,23). The van der Waals surface area contributed by atoms with Crippen molar-refractivity contribution in [2.75, 3.05) is 0 Å². The first kappa shape index (κ1) is 16.2. The van der Waals surface area contributed by atoms with Gasteiger partial charge in [0.25, 0.3) is 11.6 Å². The molecule has 1 aromatic rings. The van der Waals surface area contributed by atoms with Gasteiger partial charge in [0.05, 0.1) is 4.92 Å². The molecule has 0 unspecified atom stereocenters. The van der Waals surface area contributed by atoms with Crippen LogP contribution in [-0.2, 0) is 0 Å². The Bertz CT molecular complexity index is 721. The number of rotatable bonds is 4. The Morgan fingerprint density at radius 3 is 2.28 bits per heavy atom. The Balaban J connectivity index is 1.52. The number of nitrogens with zero attached hydrogens (tertiary/aromatic N) is 2. The second kappa shape index (κ2) is 5.93. The second-order valence-corrected chi connectivity index (χ2v) is 8.11. The third-order valence-electron chi connectivity index (χ3n) is 6.48. The fourth-order valence-electron chi connectivity index (χ4n) is 5.69. The van der Waals surface area contributed by atoms with E-state index in [1.165, 1.54) is 50.7 Å². The molecule has 0 radical (unpaired) electrons. The summed E-state index contributed by atoms with van der Waals surface area (Å²) in [6, 6.07) is 5.98. The highest BCUT2D eigenvalue weighted by atomic mass is 16.6. The molecule has 6 heteroatoms. The van der Waals surface area contributed by atoms with Crippen molar-refractivity contribution in [3.8, 4) is 0 Å². The molecule has 6 nitrogen and oxygen atoms in total. The van der Waals surface area contributed by atoms with Crippen LogP contribution in [0.4, 0.5) is 5.69 Å². The van der Waals surface area contributed by atoms with Crippen LogP contribution in [0.3, 0.4) is 0 Å². The van der Waals surface area contributed by atoms with Crippen molar-refractivity contribution >= 4 is 17.3 Å². The maximum atomic E-state index is 12.4. The van der Waals surface area contributed by atoms with Gasteiger partial charge < -0.3 is 0 Å². The molecule has 4 aliphatic rings. The summed E-state index contributed by atoms with van der Waals surface area (Å²) in [5, 5.41) is 15.5. The number of nitro benzene ring substituents is 1. The summed E-state index contributed by atoms with van der Waals surface area (Å²) in [7, 11) is 0. The first-order valence-electron chi connectivity index (χ1n) is 9.05. The van der Waals surface area contributed by atoms with Gasteiger partial charge in [0, 0.05) is 17.2 Å². The van der Waals surface area contributed by atoms with Crippen LogP contribution in [0.15, 0.2) is 29.4 Å². The van der Waals surface area contributed by atoms with Gasteiger partial charge in [0.15, 0.2) is 0 Å². The lowest BCUT2D eigenvalue weighted by molar-refractivity contribution is -0.385. The van der Waals surface area contributed by atoms with Crippen LogP contribution in [0.2, 0.25) is 0 Å². The SMILES string of the molecule is CC(=NNC(=O)c1ccccc1[N+](=O)[O-])C12CC3CC(CC(C3)C1)C2. The minimum atomic E-state index is -0.537. The zero-order chi connectivity index (χ0) is 17.6. The van der Waals surface area contributed by atoms with Gasteiger partial charge in [0.1, 0.15) is 5.56 Å². The third kappa shape index (κ3) is 2.83. The lowest BCUT2D eigenvalue weighted by Gasteiger charge is -2.56. The Morgan fingerprint density at radius 1 is 1.16 bits per heavy atom. The number of hydrazone groups is 1. The molecule has 1 amide bonds. The molecule has 25 heavy (non-hydrogen) atoms. The third-order valence-corrected chi connectivity index (χ3v) is 6.48. The molecule has 1 N–H and O–H groups in total. The number of benzene rings is 1. The predicted molar refractivity (Wildman–Crippen MR) is 94.3 cm³/mol. The number of hydrogen-bond acceptors (Lipinski definition) is 4. The number of amides is 1. The molecule has 5 rings (SSSR count). The highest BCUT2D eigenvalue weighted by Gasteiger charge is 2.52. The van der Waals surface area contributed by atoms with E-state index < -0.39 is 10.8 Å². The zero-order valence-electron chi connectivity index (χ0n) is 14.4. The van der Waals surface area contributed by atoms with Gasteiger partial charge in [-0.15, -0.1) is 0 Å². The van der Waals surface area contributed by atoms with E-state index in [0.717, 1.165) is 23.5 Å². The normalized spacial score (nSPS) is 33.3. The summed E-state index contributed by atoms with van der Waals surface area (Å²) in [5.41, 5.74) is 3.54. The highest BCUT2D eigenvalue weighted by molar-refractivity contribution is 5.99. The number of nitro groups is 1. The van der Waals surface area contributed by atoms with Gasteiger partial charge >= 0.3 is 0 Å². The maximum Gasteiger partial charge on any atom is 0.282 e. The van der Waals surface area contributed by atoms with Crippen LogP contribution in [-0.4, -0.2) is 16.5 Å². The molecule has 0 saturated heterocycles. The van der Waals surface area contributed by atoms with Gasteiger partial charge in [-0.05, 0) is 69.3 Å². The lowest BCUT2D eigenvalue weighted by atomic mass is 9.48. The quantitative estimate of drug-likeness (QED) is 0.512. The molecule has 0 spiro atoms. The molecule has 132 valence electrons. The maximum absolute atomic E-state index is 12.4. The average Bonchev–Trinajstić information content (AvgIpc) is 2.58. The molecule has 4 saturated carbocycles. The number of hydrogen-bond donors (Lipinski definition) is 1. The Morgan fingerprint density at radius 2 is 1.72 bits per heavy atom. The van der Waals surface area contributed by atoms with Crippen LogP contribution < -0.4 is 5.43 Å². The van der Waals surface area contributed by atoms with Crippen molar-refractivity contribution in [2.24, 2.45) is 28.3 Å². The summed E-state index contributed by atoms with van der Waals surface area (Å²) in [4.78, 5) is 22.9. The first-order valence-corrected chi connectivity index (χ1v) is 9.05. The number of carbonyl (C=O) groups excluding carboxylic acids is 1. The topological polar surface area (TPSA) is 84.6 Å². The molecule has 1 aromatic carbocycles. The van der Waals surface area contributed by atoms with Gasteiger partial charge in [0.2, 0.25) is 0 Å². The largest absolute Gasteiger partial charge is 0.282 e. The fourth-order valence-corrected chi connectivity index (χ4v) is 5.69. The Hall–Kier alpha value is -2.24. The monoisotopic (exact) mass is 341 g/mol. The lowest BCUT2D eigenvalue weighted by Crippen LogP contribution is -2.49. The van der Waals surface area contributed by atoms with Crippen LogP contribution >= 0.6 is 0 Å². The first-order chi connectivity index (χ1) is 12.0. The smallest absolute Gasteiger partial charge is 0.267 e. The van der Waals surface area contributed by atoms with E-state index in [1.54, 1.807) is 12.1 Å². The summed E-state index contributed by atoms with van der Waals surface area (Å²) in [6.45, 7) is 2.01. The average molecular weight is 341 g/mol. The van der Waals surface area contributed by atoms with E-state index in [4.69, 9.17) is 0 Å². The van der Waals surface area contributed by atoms with E-state index in [2.05, 4.69) is 10.5 Å². The minimum absolute atomic E-state index is 0.0505.